The molecule has 0 bridgehead atoms. The van der Waals surface area contributed by atoms with Gasteiger partial charge in [-0.05, 0) is 42.2 Å². The highest BCUT2D eigenvalue weighted by molar-refractivity contribution is 5.75. The summed E-state index contributed by atoms with van der Waals surface area (Å²) in [7, 11) is 0. The number of carbonyl (C=O) groups excluding carboxylic acids is 1. The van der Waals surface area contributed by atoms with E-state index in [9.17, 15) is 9.59 Å². The smallest absolute Gasteiger partial charge is 0.266 e. The molecular weight excluding hydrogens is 414 g/mol. The molecule has 0 saturated carbocycles. The molecule has 1 N–H and O–H groups in total. The van der Waals surface area contributed by atoms with E-state index in [1.807, 2.05) is 36.4 Å². The highest BCUT2D eigenvalue weighted by Crippen LogP contribution is 2.27. The van der Waals surface area contributed by atoms with Crippen LogP contribution in [0.2, 0.25) is 0 Å². The second kappa shape index (κ2) is 11.1. The highest BCUT2D eigenvalue weighted by Gasteiger charge is 2.14. The van der Waals surface area contributed by atoms with E-state index >= 15 is 0 Å². The van der Waals surface area contributed by atoms with Gasteiger partial charge in [-0.2, -0.15) is 5.10 Å². The van der Waals surface area contributed by atoms with E-state index in [0.717, 1.165) is 6.42 Å². The standard InChI is InChI=1S/C27H27N3O3/c31-26(14-7-19-30-27(32)16-15-24(29-30)25-13-8-20-33-25)28-18-17-23(21-9-3-1-4-10-21)22-11-5-2-6-12-22/h1-6,8-13,15-16,20,23H,7,14,17-19H2,(H,28,31). The number of carbonyl (C=O) groups is 1. The maximum Gasteiger partial charge on any atom is 0.266 e. The zero-order chi connectivity index (χ0) is 22.9. The van der Waals surface area contributed by atoms with Crippen LogP contribution in [0.25, 0.3) is 11.5 Å². The summed E-state index contributed by atoms with van der Waals surface area (Å²) >= 11 is 0. The van der Waals surface area contributed by atoms with Gasteiger partial charge in [-0.1, -0.05) is 60.7 Å². The maximum atomic E-state index is 12.4. The third kappa shape index (κ3) is 6.07. The normalized spacial score (nSPS) is 10.9. The molecule has 4 aromatic rings. The summed E-state index contributed by atoms with van der Waals surface area (Å²) in [5.74, 6) is 0.804. The van der Waals surface area contributed by atoms with Gasteiger partial charge < -0.3 is 9.73 Å². The van der Waals surface area contributed by atoms with Crippen LogP contribution in [0.4, 0.5) is 0 Å². The number of aromatic nitrogens is 2. The van der Waals surface area contributed by atoms with E-state index in [4.69, 9.17) is 4.42 Å². The SMILES string of the molecule is O=C(CCCn1nc(-c2ccco2)ccc1=O)NCCC(c1ccccc1)c1ccccc1. The molecule has 2 aromatic heterocycles. The van der Waals surface area contributed by atoms with Crippen LogP contribution in [0.15, 0.2) is 100 Å². The van der Waals surface area contributed by atoms with Crippen molar-refractivity contribution in [2.24, 2.45) is 0 Å². The summed E-state index contributed by atoms with van der Waals surface area (Å²) in [5.41, 5.74) is 2.87. The molecule has 0 aliphatic heterocycles. The van der Waals surface area contributed by atoms with Crippen molar-refractivity contribution in [3.05, 3.63) is 113 Å². The predicted octanol–water partition coefficient (Wildman–Crippen LogP) is 4.62. The van der Waals surface area contributed by atoms with Gasteiger partial charge in [0.1, 0.15) is 5.69 Å². The van der Waals surface area contributed by atoms with Gasteiger partial charge in [-0.3, -0.25) is 9.59 Å². The van der Waals surface area contributed by atoms with Crippen LogP contribution in [-0.4, -0.2) is 22.2 Å². The molecule has 1 amide bonds. The molecule has 0 saturated heterocycles. The minimum absolute atomic E-state index is 0.0230. The van der Waals surface area contributed by atoms with Crippen LogP contribution < -0.4 is 10.9 Å². The van der Waals surface area contributed by atoms with Crippen LogP contribution in [0.3, 0.4) is 0 Å². The number of amides is 1. The first-order chi connectivity index (χ1) is 16.2. The van der Waals surface area contributed by atoms with E-state index < -0.39 is 0 Å². The van der Waals surface area contributed by atoms with Crippen molar-refractivity contribution < 1.29 is 9.21 Å². The largest absolute Gasteiger partial charge is 0.463 e. The first-order valence-corrected chi connectivity index (χ1v) is 11.2. The van der Waals surface area contributed by atoms with Gasteiger partial charge in [0.05, 0.1) is 6.26 Å². The van der Waals surface area contributed by atoms with Crippen LogP contribution in [0, 0.1) is 0 Å². The van der Waals surface area contributed by atoms with Crippen LogP contribution in [-0.2, 0) is 11.3 Å². The molecule has 0 fully saturated rings. The zero-order valence-electron chi connectivity index (χ0n) is 18.4. The summed E-state index contributed by atoms with van der Waals surface area (Å²) in [6.45, 7) is 0.955. The Hall–Kier alpha value is -3.93. The third-order valence-corrected chi connectivity index (χ3v) is 5.57. The number of nitrogens with zero attached hydrogens (tertiary/aromatic N) is 2. The second-order valence-corrected chi connectivity index (χ2v) is 7.87. The molecule has 168 valence electrons. The summed E-state index contributed by atoms with van der Waals surface area (Å²) in [6, 6.07) is 27.4. The van der Waals surface area contributed by atoms with Crippen molar-refractivity contribution in [1.29, 1.82) is 0 Å². The quantitative estimate of drug-likeness (QED) is 0.390. The Morgan fingerprint density at radius 2 is 1.61 bits per heavy atom. The minimum atomic E-state index is -0.195. The Balaban J connectivity index is 1.28. The molecule has 6 nitrogen and oxygen atoms in total. The van der Waals surface area contributed by atoms with E-state index in [2.05, 4.69) is 34.7 Å². The van der Waals surface area contributed by atoms with Crippen molar-refractivity contribution in [2.75, 3.05) is 6.54 Å². The lowest BCUT2D eigenvalue weighted by atomic mass is 9.88. The van der Waals surface area contributed by atoms with Gasteiger partial charge in [-0.15, -0.1) is 0 Å². The monoisotopic (exact) mass is 441 g/mol. The summed E-state index contributed by atoms with van der Waals surface area (Å²) < 4.78 is 6.72. The predicted molar refractivity (Wildman–Crippen MR) is 128 cm³/mol. The average molecular weight is 442 g/mol. The van der Waals surface area contributed by atoms with Gasteiger partial charge in [0.15, 0.2) is 5.76 Å². The van der Waals surface area contributed by atoms with Crippen molar-refractivity contribution in [1.82, 2.24) is 15.1 Å². The lowest BCUT2D eigenvalue weighted by Crippen LogP contribution is -2.27. The molecule has 2 aromatic carbocycles. The Bertz CT molecular complexity index is 1160. The molecule has 0 atom stereocenters. The van der Waals surface area contributed by atoms with Crippen molar-refractivity contribution in [3.63, 3.8) is 0 Å². The number of aryl methyl sites for hydroxylation is 1. The molecule has 0 aliphatic carbocycles. The molecule has 2 heterocycles. The number of furan rings is 1. The Kier molecular flexibility index (Phi) is 7.48. The van der Waals surface area contributed by atoms with Gasteiger partial charge in [0.2, 0.25) is 5.91 Å². The van der Waals surface area contributed by atoms with Gasteiger partial charge in [0, 0.05) is 31.5 Å². The zero-order valence-corrected chi connectivity index (χ0v) is 18.4. The number of rotatable bonds is 10. The number of benzene rings is 2. The fraction of sp³-hybridized carbons (Fsp3) is 0.222. The average Bonchev–Trinajstić information content (AvgIpc) is 3.39. The van der Waals surface area contributed by atoms with E-state index in [-0.39, 0.29) is 17.4 Å². The van der Waals surface area contributed by atoms with Gasteiger partial charge in [-0.25, -0.2) is 4.68 Å². The van der Waals surface area contributed by atoms with E-state index in [1.165, 1.54) is 21.9 Å². The highest BCUT2D eigenvalue weighted by atomic mass is 16.3. The molecule has 0 aliphatic rings. The van der Waals surface area contributed by atoms with E-state index in [1.54, 1.807) is 24.5 Å². The van der Waals surface area contributed by atoms with Gasteiger partial charge >= 0.3 is 0 Å². The third-order valence-electron chi connectivity index (χ3n) is 5.57. The van der Waals surface area contributed by atoms with Crippen LogP contribution in [0.5, 0.6) is 0 Å². The Morgan fingerprint density at radius 3 is 2.24 bits per heavy atom. The molecule has 0 radical (unpaired) electrons. The molecule has 33 heavy (non-hydrogen) atoms. The minimum Gasteiger partial charge on any atom is -0.463 e. The van der Waals surface area contributed by atoms with Crippen molar-refractivity contribution >= 4 is 5.91 Å². The Labute approximate surface area is 192 Å². The fourth-order valence-corrected chi connectivity index (χ4v) is 3.90. The molecule has 6 heteroatoms. The summed E-state index contributed by atoms with van der Waals surface area (Å²) in [6.07, 6.45) is 3.24. The molecular formula is C27H27N3O3. The Morgan fingerprint density at radius 1 is 0.909 bits per heavy atom. The molecule has 0 unspecified atom stereocenters. The van der Waals surface area contributed by atoms with Crippen LogP contribution >= 0.6 is 0 Å². The fourth-order valence-electron chi connectivity index (χ4n) is 3.90. The second-order valence-electron chi connectivity index (χ2n) is 7.87. The first kappa shape index (κ1) is 22.3. The molecule has 4 rings (SSSR count). The number of hydrogen-bond acceptors (Lipinski definition) is 4. The number of hydrogen-bond donors (Lipinski definition) is 1. The summed E-state index contributed by atoms with van der Waals surface area (Å²) in [4.78, 5) is 24.5. The lowest BCUT2D eigenvalue weighted by Gasteiger charge is -2.18. The molecule has 0 spiro atoms. The van der Waals surface area contributed by atoms with Crippen LogP contribution in [0.1, 0.15) is 36.3 Å². The first-order valence-electron chi connectivity index (χ1n) is 11.2. The van der Waals surface area contributed by atoms with E-state index in [0.29, 0.717) is 37.4 Å². The van der Waals surface area contributed by atoms with Crippen molar-refractivity contribution in [3.8, 4) is 11.5 Å². The topological polar surface area (TPSA) is 77.1 Å². The summed E-state index contributed by atoms with van der Waals surface area (Å²) in [5, 5.41) is 7.37. The van der Waals surface area contributed by atoms with Crippen molar-refractivity contribution in [2.45, 2.75) is 31.7 Å². The van der Waals surface area contributed by atoms with Gasteiger partial charge in [0.25, 0.3) is 5.56 Å². The maximum absolute atomic E-state index is 12.4. The number of nitrogens with one attached hydrogen (secondary N) is 1. The lowest BCUT2D eigenvalue weighted by molar-refractivity contribution is -0.121.